The minimum absolute atomic E-state index is 0.0160. The summed E-state index contributed by atoms with van der Waals surface area (Å²) in [6.45, 7) is 7.66. The molecule has 226 valence electrons. The van der Waals surface area contributed by atoms with Crippen LogP contribution in [-0.2, 0) is 33.8 Å². The largest absolute Gasteiger partial charge is 0.444 e. The molecule has 0 aromatic heterocycles. The number of nitrogens with one attached hydrogen (secondary N) is 1. The number of ether oxygens (including phenoxy) is 1. The average molecular weight is 639 g/mol. The molecule has 41 heavy (non-hydrogen) atoms. The van der Waals surface area contributed by atoms with Crippen molar-refractivity contribution in [1.29, 1.82) is 0 Å². The SMILES string of the molecule is CCS(=O)(=O)c1c(Cl)cc(Cl)cc1CNC(=O)c1ccc(CN2CCN(C(=O)OC(C)(C)C)CC2)c(C(F)(F)F)c1. The van der Waals surface area contributed by atoms with Gasteiger partial charge in [0.15, 0.2) is 9.84 Å². The second-order valence-electron chi connectivity index (χ2n) is 10.6. The maximum absolute atomic E-state index is 14.0. The number of nitrogens with zero attached hydrogens (tertiary/aromatic N) is 2. The highest BCUT2D eigenvalue weighted by molar-refractivity contribution is 7.91. The molecule has 1 fully saturated rings. The maximum Gasteiger partial charge on any atom is 0.416 e. The third-order valence-corrected chi connectivity index (χ3v) is 8.80. The predicted molar refractivity (Wildman–Crippen MR) is 150 cm³/mol. The molecular weight excluding hydrogens is 606 g/mol. The van der Waals surface area contributed by atoms with Crippen molar-refractivity contribution in [2.75, 3.05) is 31.9 Å². The first-order valence-corrected chi connectivity index (χ1v) is 15.2. The predicted octanol–water partition coefficient (Wildman–Crippen LogP) is 5.79. The van der Waals surface area contributed by atoms with Gasteiger partial charge in [-0.25, -0.2) is 13.2 Å². The van der Waals surface area contributed by atoms with Gasteiger partial charge < -0.3 is 15.0 Å². The molecular formula is C27H32Cl2F3N3O5S. The van der Waals surface area contributed by atoms with Crippen LogP contribution in [0.1, 0.15) is 54.7 Å². The minimum atomic E-state index is -4.73. The van der Waals surface area contributed by atoms with Crippen molar-refractivity contribution in [1.82, 2.24) is 15.1 Å². The van der Waals surface area contributed by atoms with E-state index < -0.39 is 39.2 Å². The van der Waals surface area contributed by atoms with E-state index in [1.807, 2.05) is 0 Å². The lowest BCUT2D eigenvalue weighted by Gasteiger charge is -2.36. The molecule has 0 bridgehead atoms. The van der Waals surface area contributed by atoms with Crippen molar-refractivity contribution >= 4 is 45.0 Å². The van der Waals surface area contributed by atoms with E-state index >= 15 is 0 Å². The molecule has 1 aliphatic rings. The van der Waals surface area contributed by atoms with E-state index in [0.717, 1.165) is 6.07 Å². The topological polar surface area (TPSA) is 96.0 Å². The van der Waals surface area contributed by atoms with Crippen LogP contribution in [0.2, 0.25) is 10.0 Å². The molecule has 0 saturated carbocycles. The summed E-state index contributed by atoms with van der Waals surface area (Å²) in [5.41, 5.74) is -1.75. The first-order chi connectivity index (χ1) is 18.9. The van der Waals surface area contributed by atoms with E-state index in [1.54, 1.807) is 25.7 Å². The Morgan fingerprint density at radius 3 is 2.20 bits per heavy atom. The van der Waals surface area contributed by atoms with E-state index in [4.69, 9.17) is 27.9 Å². The quantitative estimate of drug-likeness (QED) is 0.413. The van der Waals surface area contributed by atoms with Gasteiger partial charge in [-0.3, -0.25) is 9.69 Å². The highest BCUT2D eigenvalue weighted by Gasteiger charge is 2.35. The van der Waals surface area contributed by atoms with Crippen LogP contribution >= 0.6 is 23.2 Å². The molecule has 14 heteroatoms. The van der Waals surface area contributed by atoms with Crippen molar-refractivity contribution < 1.29 is 35.9 Å². The zero-order chi connectivity index (χ0) is 30.8. The molecule has 0 aliphatic carbocycles. The van der Waals surface area contributed by atoms with Crippen LogP contribution in [0, 0.1) is 0 Å². The summed E-state index contributed by atoms with van der Waals surface area (Å²) in [5.74, 6) is -1.08. The Hall–Kier alpha value is -2.54. The van der Waals surface area contributed by atoms with Gasteiger partial charge in [0.1, 0.15) is 5.60 Å². The zero-order valence-electron chi connectivity index (χ0n) is 23.1. The van der Waals surface area contributed by atoms with Crippen LogP contribution in [0.3, 0.4) is 0 Å². The van der Waals surface area contributed by atoms with Crippen LogP contribution in [0.5, 0.6) is 0 Å². The van der Waals surface area contributed by atoms with Gasteiger partial charge >= 0.3 is 12.3 Å². The number of alkyl halides is 3. The Morgan fingerprint density at radius 2 is 1.63 bits per heavy atom. The Morgan fingerprint density at radius 1 is 1.00 bits per heavy atom. The number of piperazine rings is 1. The molecule has 0 unspecified atom stereocenters. The van der Waals surface area contributed by atoms with Crippen molar-refractivity contribution in [3.63, 3.8) is 0 Å². The van der Waals surface area contributed by atoms with Crippen molar-refractivity contribution in [2.24, 2.45) is 0 Å². The van der Waals surface area contributed by atoms with Gasteiger partial charge in [-0.15, -0.1) is 0 Å². The number of hydrogen-bond acceptors (Lipinski definition) is 6. The third-order valence-electron chi connectivity index (χ3n) is 6.31. The number of halogens is 5. The van der Waals surface area contributed by atoms with Crippen LogP contribution in [0.15, 0.2) is 35.2 Å². The lowest BCUT2D eigenvalue weighted by molar-refractivity contribution is -0.138. The number of sulfone groups is 1. The molecule has 3 rings (SSSR count). The Bertz CT molecular complexity index is 1400. The molecule has 8 nitrogen and oxygen atoms in total. The van der Waals surface area contributed by atoms with Crippen LogP contribution in [-0.4, -0.2) is 67.8 Å². The highest BCUT2D eigenvalue weighted by atomic mass is 35.5. The zero-order valence-corrected chi connectivity index (χ0v) is 25.4. The summed E-state index contributed by atoms with van der Waals surface area (Å²) in [4.78, 5) is 28.2. The minimum Gasteiger partial charge on any atom is -0.444 e. The fourth-order valence-electron chi connectivity index (χ4n) is 4.29. The van der Waals surface area contributed by atoms with Crippen molar-refractivity contribution in [3.8, 4) is 0 Å². The molecule has 2 aromatic rings. The average Bonchev–Trinajstić information content (AvgIpc) is 2.85. The second kappa shape index (κ2) is 12.8. The maximum atomic E-state index is 14.0. The fraction of sp³-hybridized carbons (Fsp3) is 0.481. The normalized spacial score (nSPS) is 15.1. The molecule has 1 aliphatic heterocycles. The third kappa shape index (κ3) is 8.73. The Balaban J connectivity index is 1.74. The van der Waals surface area contributed by atoms with Gasteiger partial charge in [0.05, 0.1) is 21.2 Å². The van der Waals surface area contributed by atoms with Crippen molar-refractivity contribution in [3.05, 3.63) is 62.6 Å². The fourth-order valence-corrected chi connectivity index (χ4v) is 6.35. The summed E-state index contributed by atoms with van der Waals surface area (Å²) in [6.07, 6.45) is -5.20. The molecule has 0 atom stereocenters. The Kier molecular flexibility index (Phi) is 10.3. The van der Waals surface area contributed by atoms with E-state index in [0.29, 0.717) is 26.2 Å². The van der Waals surface area contributed by atoms with E-state index in [-0.39, 0.29) is 50.5 Å². The van der Waals surface area contributed by atoms with Gasteiger partial charge in [-0.2, -0.15) is 13.2 Å². The standard InChI is InChI=1S/C27H32Cl2F3N3O5S/c1-5-41(38,39)23-19(12-20(28)14-22(23)29)15-33-24(36)17-6-7-18(21(13-17)27(30,31)32)16-34-8-10-35(11-9-34)25(37)40-26(2,3)4/h6-7,12-14H,5,8-11,15-16H2,1-4H3,(H,33,36). The highest BCUT2D eigenvalue weighted by Crippen LogP contribution is 2.34. The first-order valence-electron chi connectivity index (χ1n) is 12.8. The molecule has 1 heterocycles. The second-order valence-corrected chi connectivity index (χ2v) is 13.6. The molecule has 2 aromatic carbocycles. The van der Waals surface area contributed by atoms with Crippen LogP contribution in [0.4, 0.5) is 18.0 Å². The van der Waals surface area contributed by atoms with Crippen LogP contribution < -0.4 is 5.32 Å². The first kappa shape index (κ1) is 33.0. The van der Waals surface area contributed by atoms with Crippen molar-refractivity contribution in [2.45, 2.75) is 57.5 Å². The molecule has 2 amide bonds. The monoisotopic (exact) mass is 637 g/mol. The van der Waals surface area contributed by atoms with E-state index in [2.05, 4.69) is 5.32 Å². The summed E-state index contributed by atoms with van der Waals surface area (Å²) < 4.78 is 72.5. The summed E-state index contributed by atoms with van der Waals surface area (Å²) in [6, 6.07) is 5.91. The number of carbonyl (C=O) groups is 2. The summed E-state index contributed by atoms with van der Waals surface area (Å²) in [7, 11) is -3.78. The van der Waals surface area contributed by atoms with E-state index in [9.17, 15) is 31.2 Å². The molecule has 1 N–H and O–H groups in total. The Labute approximate surface area is 247 Å². The summed E-state index contributed by atoms with van der Waals surface area (Å²) in [5, 5.41) is 2.50. The van der Waals surface area contributed by atoms with E-state index in [1.165, 1.54) is 36.1 Å². The summed E-state index contributed by atoms with van der Waals surface area (Å²) >= 11 is 12.1. The molecule has 1 saturated heterocycles. The van der Waals surface area contributed by atoms with Gasteiger partial charge in [-0.1, -0.05) is 36.2 Å². The number of carbonyl (C=O) groups excluding carboxylic acids is 2. The van der Waals surface area contributed by atoms with Crippen LogP contribution in [0.25, 0.3) is 0 Å². The smallest absolute Gasteiger partial charge is 0.416 e. The molecule has 0 spiro atoms. The lowest BCUT2D eigenvalue weighted by Crippen LogP contribution is -2.49. The van der Waals surface area contributed by atoms with Gasteiger partial charge in [0.2, 0.25) is 0 Å². The number of hydrogen-bond donors (Lipinski definition) is 1. The van der Waals surface area contributed by atoms with Gasteiger partial charge in [0.25, 0.3) is 5.91 Å². The lowest BCUT2D eigenvalue weighted by atomic mass is 10.0. The number of rotatable bonds is 7. The van der Waals surface area contributed by atoms with Gasteiger partial charge in [0, 0.05) is 49.9 Å². The number of amides is 2. The number of benzene rings is 2. The molecule has 0 radical (unpaired) electrons. The van der Waals surface area contributed by atoms with Gasteiger partial charge in [-0.05, 0) is 56.2 Å².